The number of hydrogen-bond donors (Lipinski definition) is 2. The zero-order valence-corrected chi connectivity index (χ0v) is 9.24. The predicted octanol–water partition coefficient (Wildman–Crippen LogP) is 2.26. The minimum atomic E-state index is -1.01. The third-order valence-electron chi connectivity index (χ3n) is 3.08. The van der Waals surface area contributed by atoms with E-state index < -0.39 is 5.97 Å². The van der Waals surface area contributed by atoms with Gasteiger partial charge in [-0.2, -0.15) is 0 Å². The molecule has 16 heavy (non-hydrogen) atoms. The van der Waals surface area contributed by atoms with Gasteiger partial charge >= 0.3 is 5.97 Å². The minimum absolute atomic E-state index is 0.0117. The Morgan fingerprint density at radius 3 is 2.81 bits per heavy atom. The van der Waals surface area contributed by atoms with Crippen molar-refractivity contribution in [2.24, 2.45) is 5.92 Å². The quantitative estimate of drug-likeness (QED) is 0.803. The minimum Gasteiger partial charge on any atom is -0.475 e. The fourth-order valence-corrected chi connectivity index (χ4v) is 2.20. The van der Waals surface area contributed by atoms with E-state index in [1.807, 2.05) is 0 Å². The van der Waals surface area contributed by atoms with Gasteiger partial charge in [-0.3, -0.25) is 0 Å². The lowest BCUT2D eigenvalue weighted by Crippen LogP contribution is -2.20. The van der Waals surface area contributed by atoms with Crippen molar-refractivity contribution in [3.05, 3.63) is 23.7 Å². The van der Waals surface area contributed by atoms with Crippen LogP contribution in [0.1, 0.15) is 42.0 Å². The van der Waals surface area contributed by atoms with Crippen molar-refractivity contribution >= 4 is 5.97 Å². The number of aromatic carboxylic acids is 1. The molecule has 0 bridgehead atoms. The van der Waals surface area contributed by atoms with Gasteiger partial charge in [0.2, 0.25) is 5.76 Å². The highest BCUT2D eigenvalue weighted by Crippen LogP contribution is 2.23. The second kappa shape index (κ2) is 5.16. The Hall–Kier alpha value is -1.29. The summed E-state index contributed by atoms with van der Waals surface area (Å²) >= 11 is 0. The van der Waals surface area contributed by atoms with Crippen molar-refractivity contribution < 1.29 is 14.3 Å². The van der Waals surface area contributed by atoms with E-state index in [0.29, 0.717) is 12.3 Å². The number of furan rings is 1. The fraction of sp³-hybridized carbons (Fsp3) is 0.583. The van der Waals surface area contributed by atoms with Crippen molar-refractivity contribution in [1.29, 1.82) is 0 Å². The molecule has 4 nitrogen and oxygen atoms in total. The molecule has 1 aliphatic carbocycles. The van der Waals surface area contributed by atoms with Crippen LogP contribution in [0.15, 0.2) is 16.5 Å². The molecule has 1 heterocycles. The van der Waals surface area contributed by atoms with Crippen molar-refractivity contribution in [3.8, 4) is 0 Å². The maximum Gasteiger partial charge on any atom is 0.371 e. The summed E-state index contributed by atoms with van der Waals surface area (Å²) in [6.07, 6.45) is 5.31. The number of carboxylic acid groups (broad SMARTS) is 1. The van der Waals surface area contributed by atoms with E-state index in [2.05, 4.69) is 5.32 Å². The molecule has 4 heteroatoms. The first kappa shape index (κ1) is 11.2. The van der Waals surface area contributed by atoms with Gasteiger partial charge in [0.1, 0.15) is 5.76 Å². The van der Waals surface area contributed by atoms with Crippen molar-refractivity contribution in [3.63, 3.8) is 0 Å². The molecule has 2 N–H and O–H groups in total. The summed E-state index contributed by atoms with van der Waals surface area (Å²) in [7, 11) is 0. The van der Waals surface area contributed by atoms with E-state index in [9.17, 15) is 4.79 Å². The fourth-order valence-electron chi connectivity index (χ4n) is 2.20. The molecule has 1 aromatic rings. The maximum atomic E-state index is 10.6. The maximum absolute atomic E-state index is 10.6. The summed E-state index contributed by atoms with van der Waals surface area (Å²) in [4.78, 5) is 10.6. The molecule has 2 rings (SSSR count). The third-order valence-corrected chi connectivity index (χ3v) is 3.08. The Morgan fingerprint density at radius 2 is 2.19 bits per heavy atom. The van der Waals surface area contributed by atoms with Crippen molar-refractivity contribution in [1.82, 2.24) is 5.32 Å². The summed E-state index contributed by atoms with van der Waals surface area (Å²) in [5.74, 6) is 0.476. The second-order valence-electron chi connectivity index (χ2n) is 4.35. The zero-order valence-electron chi connectivity index (χ0n) is 9.24. The molecule has 0 spiro atoms. The molecule has 0 unspecified atom stereocenters. The van der Waals surface area contributed by atoms with Gasteiger partial charge in [0.05, 0.1) is 6.54 Å². The van der Waals surface area contributed by atoms with Crippen LogP contribution in [0.2, 0.25) is 0 Å². The Bertz CT molecular complexity index is 353. The van der Waals surface area contributed by atoms with Gasteiger partial charge in [-0.1, -0.05) is 12.8 Å². The van der Waals surface area contributed by atoms with Crippen LogP contribution in [-0.2, 0) is 6.54 Å². The largest absolute Gasteiger partial charge is 0.475 e. The van der Waals surface area contributed by atoms with Gasteiger partial charge in [-0.05, 0) is 37.4 Å². The van der Waals surface area contributed by atoms with Crippen LogP contribution in [0.3, 0.4) is 0 Å². The first-order valence-electron chi connectivity index (χ1n) is 5.78. The van der Waals surface area contributed by atoms with E-state index >= 15 is 0 Å². The molecule has 1 saturated carbocycles. The summed E-state index contributed by atoms with van der Waals surface area (Å²) in [5, 5.41) is 12.0. The summed E-state index contributed by atoms with van der Waals surface area (Å²) in [6.45, 7) is 1.62. The molecule has 0 radical (unpaired) electrons. The van der Waals surface area contributed by atoms with Crippen LogP contribution >= 0.6 is 0 Å². The Balaban J connectivity index is 1.74. The van der Waals surface area contributed by atoms with E-state index in [4.69, 9.17) is 9.52 Å². The molecular weight excluding hydrogens is 206 g/mol. The zero-order chi connectivity index (χ0) is 11.4. The van der Waals surface area contributed by atoms with Gasteiger partial charge < -0.3 is 14.8 Å². The van der Waals surface area contributed by atoms with Gasteiger partial charge in [0, 0.05) is 0 Å². The number of carbonyl (C=O) groups is 1. The molecule has 0 atom stereocenters. The van der Waals surface area contributed by atoms with Crippen LogP contribution < -0.4 is 5.32 Å². The van der Waals surface area contributed by atoms with Gasteiger partial charge in [0.25, 0.3) is 0 Å². The number of rotatable bonds is 5. The van der Waals surface area contributed by atoms with Crippen LogP contribution in [-0.4, -0.2) is 17.6 Å². The summed E-state index contributed by atoms with van der Waals surface area (Å²) < 4.78 is 5.15. The van der Waals surface area contributed by atoms with Crippen LogP contribution in [0.5, 0.6) is 0 Å². The molecule has 1 fully saturated rings. The van der Waals surface area contributed by atoms with E-state index in [1.165, 1.54) is 31.7 Å². The SMILES string of the molecule is O=C(O)c1ccc(CNCC2CCCC2)o1. The number of nitrogens with one attached hydrogen (secondary N) is 1. The Labute approximate surface area is 94.6 Å². The van der Waals surface area contributed by atoms with Gasteiger partial charge in [-0.15, -0.1) is 0 Å². The molecule has 0 saturated heterocycles. The number of carboxylic acids is 1. The second-order valence-corrected chi connectivity index (χ2v) is 4.35. The lowest BCUT2D eigenvalue weighted by Gasteiger charge is -2.08. The predicted molar refractivity (Wildman–Crippen MR) is 59.3 cm³/mol. The Morgan fingerprint density at radius 1 is 1.44 bits per heavy atom. The average Bonchev–Trinajstić information content (AvgIpc) is 2.87. The van der Waals surface area contributed by atoms with Crippen LogP contribution in [0, 0.1) is 5.92 Å². The topological polar surface area (TPSA) is 62.5 Å². The summed E-state index contributed by atoms with van der Waals surface area (Å²) in [6, 6.07) is 3.21. The highest BCUT2D eigenvalue weighted by Gasteiger charge is 2.14. The third kappa shape index (κ3) is 2.85. The first-order valence-corrected chi connectivity index (χ1v) is 5.78. The molecular formula is C12H17NO3. The lowest BCUT2D eigenvalue weighted by atomic mass is 10.1. The van der Waals surface area contributed by atoms with Gasteiger partial charge in [0.15, 0.2) is 0 Å². The lowest BCUT2D eigenvalue weighted by molar-refractivity contribution is 0.0660. The normalized spacial score (nSPS) is 16.8. The smallest absolute Gasteiger partial charge is 0.371 e. The molecule has 88 valence electrons. The molecule has 0 amide bonds. The summed E-state index contributed by atoms with van der Waals surface area (Å²) in [5.41, 5.74) is 0. The average molecular weight is 223 g/mol. The monoisotopic (exact) mass is 223 g/mol. The van der Waals surface area contributed by atoms with Crippen LogP contribution in [0.25, 0.3) is 0 Å². The highest BCUT2D eigenvalue weighted by molar-refractivity contribution is 5.84. The molecule has 1 aromatic heterocycles. The van der Waals surface area contributed by atoms with E-state index in [-0.39, 0.29) is 5.76 Å². The molecule has 0 aliphatic heterocycles. The van der Waals surface area contributed by atoms with E-state index in [0.717, 1.165) is 12.5 Å². The molecule has 0 aromatic carbocycles. The van der Waals surface area contributed by atoms with E-state index in [1.54, 1.807) is 6.07 Å². The Kier molecular flexibility index (Phi) is 3.62. The molecule has 1 aliphatic rings. The van der Waals surface area contributed by atoms with Crippen LogP contribution in [0.4, 0.5) is 0 Å². The van der Waals surface area contributed by atoms with Gasteiger partial charge in [-0.25, -0.2) is 4.79 Å². The highest BCUT2D eigenvalue weighted by atomic mass is 16.4. The first-order chi connectivity index (χ1) is 7.75. The number of hydrogen-bond acceptors (Lipinski definition) is 3. The van der Waals surface area contributed by atoms with Crippen molar-refractivity contribution in [2.45, 2.75) is 32.2 Å². The standard InChI is InChI=1S/C12H17NO3/c14-12(15)11-6-5-10(16-11)8-13-7-9-3-1-2-4-9/h5-6,9,13H,1-4,7-8H2,(H,14,15). The van der Waals surface area contributed by atoms with Crippen molar-refractivity contribution in [2.75, 3.05) is 6.54 Å².